The molecule has 2 aromatic carbocycles. The van der Waals surface area contributed by atoms with Crippen molar-refractivity contribution in [2.24, 2.45) is 0 Å². The monoisotopic (exact) mass is 307 g/mol. The number of carbonyl (C=O) groups excluding carboxylic acids is 1. The molecule has 0 aliphatic heterocycles. The first kappa shape index (κ1) is 15.0. The first-order valence-corrected chi connectivity index (χ1v) is 7.02. The molecule has 4 heteroatoms. The topological polar surface area (TPSA) is 20.3 Å². The van der Waals surface area contributed by atoms with Crippen LogP contribution in [-0.4, -0.2) is 24.3 Å². The zero-order valence-electron chi connectivity index (χ0n) is 11.1. The molecule has 0 aromatic heterocycles. The number of halogens is 2. The summed E-state index contributed by atoms with van der Waals surface area (Å²) < 4.78 is 0. The second kappa shape index (κ2) is 6.89. The number of nitrogens with zero attached hydrogens (tertiary/aromatic N) is 1. The average molecular weight is 308 g/mol. The molecule has 0 spiro atoms. The molecule has 0 fully saturated rings. The van der Waals surface area contributed by atoms with Crippen molar-refractivity contribution in [3.05, 3.63) is 69.7 Å². The molecule has 0 heterocycles. The Hall–Kier alpha value is -1.35. The second-order valence-corrected chi connectivity index (χ2v) is 5.61. The van der Waals surface area contributed by atoms with Gasteiger partial charge in [0.25, 0.3) is 0 Å². The Labute approximate surface area is 128 Å². The maximum absolute atomic E-state index is 12.1. The predicted octanol–water partition coefficient (Wildman–Crippen LogP) is 4.31. The Balaban J connectivity index is 1.95. The van der Waals surface area contributed by atoms with Crippen molar-refractivity contribution in [3.8, 4) is 0 Å². The van der Waals surface area contributed by atoms with Crippen LogP contribution < -0.4 is 0 Å². The molecule has 2 rings (SSSR count). The van der Waals surface area contributed by atoms with Crippen molar-refractivity contribution >= 4 is 29.0 Å². The molecule has 0 saturated heterocycles. The molecule has 2 nitrogen and oxygen atoms in total. The highest BCUT2D eigenvalue weighted by molar-refractivity contribution is 6.30. The Bertz CT molecular complexity index is 596. The summed E-state index contributed by atoms with van der Waals surface area (Å²) in [5, 5.41) is 1.34. The fourth-order valence-corrected chi connectivity index (χ4v) is 2.31. The fraction of sp³-hybridized carbons (Fsp3) is 0.188. The van der Waals surface area contributed by atoms with Crippen LogP contribution >= 0.6 is 23.2 Å². The van der Waals surface area contributed by atoms with Crippen LogP contribution in [0.4, 0.5) is 0 Å². The molecule has 104 valence electrons. The van der Waals surface area contributed by atoms with Gasteiger partial charge in [0.1, 0.15) is 0 Å². The number of hydrogen-bond donors (Lipinski definition) is 0. The molecule has 0 bridgehead atoms. The van der Waals surface area contributed by atoms with Gasteiger partial charge in [0, 0.05) is 22.2 Å². The van der Waals surface area contributed by atoms with E-state index in [1.807, 2.05) is 36.2 Å². The van der Waals surface area contributed by atoms with Gasteiger partial charge in [-0.25, -0.2) is 0 Å². The number of benzene rings is 2. The Morgan fingerprint density at radius 3 is 2.40 bits per heavy atom. The normalized spacial score (nSPS) is 10.8. The number of rotatable bonds is 5. The predicted molar refractivity (Wildman–Crippen MR) is 83.6 cm³/mol. The first-order valence-electron chi connectivity index (χ1n) is 6.26. The number of carbonyl (C=O) groups is 1. The maximum Gasteiger partial charge on any atom is 0.176 e. The van der Waals surface area contributed by atoms with Crippen molar-refractivity contribution in [2.45, 2.75) is 6.54 Å². The molecule has 2 aromatic rings. The van der Waals surface area contributed by atoms with E-state index in [1.54, 1.807) is 24.3 Å². The Morgan fingerprint density at radius 1 is 1.05 bits per heavy atom. The zero-order valence-corrected chi connectivity index (χ0v) is 12.7. The van der Waals surface area contributed by atoms with Crippen LogP contribution in [0.3, 0.4) is 0 Å². The van der Waals surface area contributed by atoms with Gasteiger partial charge in [-0.2, -0.15) is 0 Å². The van der Waals surface area contributed by atoms with Gasteiger partial charge in [-0.3, -0.25) is 9.69 Å². The van der Waals surface area contributed by atoms with E-state index in [0.29, 0.717) is 28.7 Å². The summed E-state index contributed by atoms with van der Waals surface area (Å²) in [6, 6.07) is 14.6. The molecule has 0 aliphatic carbocycles. The molecular formula is C16H15Cl2NO. The van der Waals surface area contributed by atoms with Crippen molar-refractivity contribution in [1.82, 2.24) is 4.90 Å². The zero-order chi connectivity index (χ0) is 14.5. The van der Waals surface area contributed by atoms with Crippen molar-refractivity contribution < 1.29 is 4.79 Å². The van der Waals surface area contributed by atoms with Crippen molar-refractivity contribution in [2.75, 3.05) is 13.6 Å². The summed E-state index contributed by atoms with van der Waals surface area (Å²) in [6.07, 6.45) is 0. The summed E-state index contributed by atoms with van der Waals surface area (Å²) in [6.45, 7) is 1.04. The quantitative estimate of drug-likeness (QED) is 0.767. The van der Waals surface area contributed by atoms with E-state index in [4.69, 9.17) is 23.2 Å². The number of Topliss-reactive ketones (excluding diaryl/α,β-unsaturated/α-hetero) is 1. The van der Waals surface area contributed by atoms with E-state index in [1.165, 1.54) is 0 Å². The molecular weight excluding hydrogens is 293 g/mol. The summed E-state index contributed by atoms with van der Waals surface area (Å²) in [7, 11) is 1.91. The maximum atomic E-state index is 12.1. The molecule has 0 radical (unpaired) electrons. The Morgan fingerprint density at radius 2 is 1.75 bits per heavy atom. The minimum absolute atomic E-state index is 0.0752. The van der Waals surface area contributed by atoms with Crippen molar-refractivity contribution in [3.63, 3.8) is 0 Å². The third kappa shape index (κ3) is 4.34. The van der Waals surface area contributed by atoms with Crippen LogP contribution in [0.2, 0.25) is 10.0 Å². The van der Waals surface area contributed by atoms with E-state index >= 15 is 0 Å². The second-order valence-electron chi connectivity index (χ2n) is 4.73. The van der Waals surface area contributed by atoms with Crippen LogP contribution in [0, 0.1) is 0 Å². The van der Waals surface area contributed by atoms with Crippen LogP contribution in [0.15, 0.2) is 48.5 Å². The molecule has 0 atom stereocenters. The lowest BCUT2D eigenvalue weighted by atomic mass is 10.1. The summed E-state index contributed by atoms with van der Waals surface area (Å²) in [5.74, 6) is 0.0752. The number of ketones is 1. The lowest BCUT2D eigenvalue weighted by Gasteiger charge is -2.16. The number of hydrogen-bond acceptors (Lipinski definition) is 2. The van der Waals surface area contributed by atoms with Gasteiger partial charge >= 0.3 is 0 Å². The van der Waals surface area contributed by atoms with Gasteiger partial charge in [-0.05, 0) is 49.0 Å². The minimum Gasteiger partial charge on any atom is -0.295 e. The summed E-state index contributed by atoms with van der Waals surface area (Å²) in [5.41, 5.74) is 1.76. The minimum atomic E-state index is 0.0752. The van der Waals surface area contributed by atoms with Gasteiger partial charge in [0.05, 0.1) is 6.54 Å². The highest BCUT2D eigenvalue weighted by Gasteiger charge is 2.09. The Kier molecular flexibility index (Phi) is 5.18. The van der Waals surface area contributed by atoms with Gasteiger partial charge in [-0.1, -0.05) is 35.3 Å². The van der Waals surface area contributed by atoms with Gasteiger partial charge in [0.15, 0.2) is 5.78 Å². The van der Waals surface area contributed by atoms with Gasteiger partial charge in [-0.15, -0.1) is 0 Å². The molecule has 0 aliphatic rings. The van der Waals surface area contributed by atoms with E-state index in [-0.39, 0.29) is 5.78 Å². The van der Waals surface area contributed by atoms with Crippen LogP contribution in [0.1, 0.15) is 15.9 Å². The third-order valence-corrected chi connectivity index (χ3v) is 3.41. The molecule has 0 saturated carbocycles. The third-order valence-electron chi connectivity index (χ3n) is 2.92. The highest BCUT2D eigenvalue weighted by Crippen LogP contribution is 2.13. The molecule has 0 amide bonds. The smallest absolute Gasteiger partial charge is 0.176 e. The van der Waals surface area contributed by atoms with Crippen molar-refractivity contribution in [1.29, 1.82) is 0 Å². The number of likely N-dealkylation sites (N-methyl/N-ethyl adjacent to an activating group) is 1. The lowest BCUT2D eigenvalue weighted by Crippen LogP contribution is -2.25. The first-order chi connectivity index (χ1) is 9.54. The van der Waals surface area contributed by atoms with E-state index in [9.17, 15) is 4.79 Å². The van der Waals surface area contributed by atoms with E-state index in [2.05, 4.69) is 0 Å². The molecule has 0 unspecified atom stereocenters. The SMILES string of the molecule is CN(CC(=O)c1ccc(Cl)cc1)Cc1cccc(Cl)c1. The highest BCUT2D eigenvalue weighted by atomic mass is 35.5. The molecule has 20 heavy (non-hydrogen) atoms. The van der Waals surface area contributed by atoms with Gasteiger partial charge < -0.3 is 0 Å². The molecule has 0 N–H and O–H groups in total. The van der Waals surface area contributed by atoms with Crippen LogP contribution in [-0.2, 0) is 6.54 Å². The summed E-state index contributed by atoms with van der Waals surface area (Å²) in [4.78, 5) is 14.1. The van der Waals surface area contributed by atoms with Crippen LogP contribution in [0.25, 0.3) is 0 Å². The van der Waals surface area contributed by atoms with E-state index in [0.717, 1.165) is 5.56 Å². The summed E-state index contributed by atoms with van der Waals surface area (Å²) >= 11 is 11.8. The fourth-order valence-electron chi connectivity index (χ4n) is 1.98. The standard InChI is InChI=1S/C16H15Cl2NO/c1-19(10-12-3-2-4-15(18)9-12)11-16(20)13-5-7-14(17)8-6-13/h2-9H,10-11H2,1H3. The largest absolute Gasteiger partial charge is 0.295 e. The average Bonchev–Trinajstić information content (AvgIpc) is 2.39. The van der Waals surface area contributed by atoms with Crippen LogP contribution in [0.5, 0.6) is 0 Å². The van der Waals surface area contributed by atoms with E-state index < -0.39 is 0 Å². The van der Waals surface area contributed by atoms with Gasteiger partial charge in [0.2, 0.25) is 0 Å². The lowest BCUT2D eigenvalue weighted by molar-refractivity contribution is 0.0943.